The number of piperidine rings is 1. The number of rotatable bonds is 6. The van der Waals surface area contributed by atoms with E-state index in [9.17, 15) is 0 Å². The molecule has 0 radical (unpaired) electrons. The van der Waals surface area contributed by atoms with Crippen molar-refractivity contribution >= 4 is 5.96 Å². The summed E-state index contributed by atoms with van der Waals surface area (Å²) in [5.74, 6) is 2.40. The maximum Gasteiger partial charge on any atom is 0.191 e. The summed E-state index contributed by atoms with van der Waals surface area (Å²) < 4.78 is 0. The molecule has 4 nitrogen and oxygen atoms in total. The van der Waals surface area contributed by atoms with Crippen LogP contribution in [0.15, 0.2) is 41.9 Å². The summed E-state index contributed by atoms with van der Waals surface area (Å²) in [7, 11) is 1.79. The lowest BCUT2D eigenvalue weighted by Gasteiger charge is -2.35. The molecule has 0 aromatic heterocycles. The predicted octanol–water partition coefficient (Wildman–Crippen LogP) is 3.02. The maximum absolute atomic E-state index is 4.24. The van der Waals surface area contributed by atoms with Gasteiger partial charge in [-0.3, -0.25) is 9.89 Å². The van der Waals surface area contributed by atoms with Crippen molar-refractivity contribution in [2.45, 2.75) is 33.4 Å². The van der Waals surface area contributed by atoms with Crippen LogP contribution in [-0.4, -0.2) is 37.5 Å². The topological polar surface area (TPSA) is 39.7 Å². The van der Waals surface area contributed by atoms with E-state index in [0.717, 1.165) is 30.9 Å². The summed E-state index contributed by atoms with van der Waals surface area (Å²) in [6.07, 6.45) is 3.19. The summed E-state index contributed by atoms with van der Waals surface area (Å²) in [5.41, 5.74) is 2.75. The van der Waals surface area contributed by atoms with E-state index < -0.39 is 0 Å². The molecule has 1 saturated heterocycles. The van der Waals surface area contributed by atoms with Gasteiger partial charge in [-0.1, -0.05) is 44.2 Å². The first-order valence-electron chi connectivity index (χ1n) is 8.97. The predicted molar refractivity (Wildman–Crippen MR) is 103 cm³/mol. The number of nitrogens with one attached hydrogen (secondary N) is 2. The standard InChI is InChI=1S/C20H32N4/c1-5-10-22-20(21-4)23-12-18-8-6-7-9-19(18)15-24-13-16(2)11-17(3)14-24/h5-9,16-17H,1,10-15H2,2-4H3,(H2,21,22,23). The van der Waals surface area contributed by atoms with Crippen molar-refractivity contribution in [2.24, 2.45) is 16.8 Å². The van der Waals surface area contributed by atoms with Crippen molar-refractivity contribution < 1.29 is 0 Å². The molecule has 1 aromatic rings. The molecular weight excluding hydrogens is 296 g/mol. The van der Waals surface area contributed by atoms with Crippen LogP contribution in [0, 0.1) is 11.8 Å². The third-order valence-corrected chi connectivity index (χ3v) is 4.54. The monoisotopic (exact) mass is 328 g/mol. The zero-order valence-corrected chi connectivity index (χ0v) is 15.4. The lowest BCUT2D eigenvalue weighted by Crippen LogP contribution is -2.39. The molecule has 0 amide bonds. The fraction of sp³-hybridized carbons (Fsp3) is 0.550. The number of nitrogens with zero attached hydrogens (tertiary/aromatic N) is 2. The van der Waals surface area contributed by atoms with Gasteiger partial charge in [-0.15, -0.1) is 6.58 Å². The SMILES string of the molecule is C=CCNC(=NC)NCc1ccccc1CN1CC(C)CC(C)C1. The Balaban J connectivity index is 1.98. The van der Waals surface area contributed by atoms with Gasteiger partial charge in [0.1, 0.15) is 0 Å². The summed E-state index contributed by atoms with van der Waals surface area (Å²) in [6, 6.07) is 8.71. The minimum atomic E-state index is 0.713. The molecule has 0 spiro atoms. The highest BCUT2D eigenvalue weighted by Gasteiger charge is 2.22. The Labute approximate surface area is 147 Å². The minimum Gasteiger partial charge on any atom is -0.353 e. The second kappa shape index (κ2) is 9.48. The van der Waals surface area contributed by atoms with Gasteiger partial charge < -0.3 is 10.6 Å². The number of likely N-dealkylation sites (tertiary alicyclic amines) is 1. The van der Waals surface area contributed by atoms with Gasteiger partial charge in [0.2, 0.25) is 0 Å². The third-order valence-electron chi connectivity index (χ3n) is 4.54. The first kappa shape index (κ1) is 18.5. The van der Waals surface area contributed by atoms with Crippen molar-refractivity contribution in [3.05, 3.63) is 48.0 Å². The average molecular weight is 329 g/mol. The molecule has 1 aliphatic heterocycles. The second-order valence-electron chi connectivity index (χ2n) is 7.00. The Morgan fingerprint density at radius 2 is 1.88 bits per heavy atom. The van der Waals surface area contributed by atoms with E-state index in [0.29, 0.717) is 6.54 Å². The fourth-order valence-electron chi connectivity index (χ4n) is 3.61. The molecule has 2 atom stereocenters. The Hall–Kier alpha value is -1.81. The van der Waals surface area contributed by atoms with E-state index in [4.69, 9.17) is 0 Å². The quantitative estimate of drug-likeness (QED) is 0.479. The molecule has 2 rings (SSSR count). The summed E-state index contributed by atoms with van der Waals surface area (Å²) in [5, 5.41) is 6.60. The van der Waals surface area contributed by atoms with E-state index >= 15 is 0 Å². The number of aliphatic imine (C=N–C) groups is 1. The van der Waals surface area contributed by atoms with E-state index in [-0.39, 0.29) is 0 Å². The fourth-order valence-corrected chi connectivity index (χ4v) is 3.61. The van der Waals surface area contributed by atoms with Gasteiger partial charge in [0.25, 0.3) is 0 Å². The number of guanidine groups is 1. The van der Waals surface area contributed by atoms with Crippen LogP contribution in [0.5, 0.6) is 0 Å². The van der Waals surface area contributed by atoms with Gasteiger partial charge in [-0.25, -0.2) is 0 Å². The van der Waals surface area contributed by atoms with E-state index in [1.165, 1.54) is 30.6 Å². The Bertz CT molecular complexity index is 542. The lowest BCUT2D eigenvalue weighted by molar-refractivity contribution is 0.134. The van der Waals surface area contributed by atoms with Crippen LogP contribution in [0.1, 0.15) is 31.4 Å². The van der Waals surface area contributed by atoms with Crippen LogP contribution in [0.2, 0.25) is 0 Å². The molecule has 132 valence electrons. The highest BCUT2D eigenvalue weighted by molar-refractivity contribution is 5.79. The molecule has 0 aliphatic carbocycles. The van der Waals surface area contributed by atoms with Gasteiger partial charge in [0.05, 0.1) is 0 Å². The molecular formula is C20H32N4. The Kier molecular flexibility index (Phi) is 7.32. The first-order chi connectivity index (χ1) is 11.6. The van der Waals surface area contributed by atoms with Crippen molar-refractivity contribution in [1.82, 2.24) is 15.5 Å². The highest BCUT2D eigenvalue weighted by atomic mass is 15.2. The Morgan fingerprint density at radius 1 is 1.21 bits per heavy atom. The molecule has 4 heteroatoms. The molecule has 0 bridgehead atoms. The smallest absolute Gasteiger partial charge is 0.191 e. The van der Waals surface area contributed by atoms with Crippen molar-refractivity contribution in [3.63, 3.8) is 0 Å². The first-order valence-corrected chi connectivity index (χ1v) is 8.97. The second-order valence-corrected chi connectivity index (χ2v) is 7.00. The summed E-state index contributed by atoms with van der Waals surface area (Å²) >= 11 is 0. The van der Waals surface area contributed by atoms with Crippen LogP contribution in [0.3, 0.4) is 0 Å². The summed E-state index contributed by atoms with van der Waals surface area (Å²) in [6.45, 7) is 13.4. The normalized spacial score (nSPS) is 22.2. The third kappa shape index (κ3) is 5.68. The van der Waals surface area contributed by atoms with Crippen LogP contribution >= 0.6 is 0 Å². The molecule has 1 fully saturated rings. The zero-order valence-electron chi connectivity index (χ0n) is 15.4. The van der Waals surface area contributed by atoms with Crippen LogP contribution < -0.4 is 10.6 Å². The van der Waals surface area contributed by atoms with Crippen LogP contribution in [0.4, 0.5) is 0 Å². The maximum atomic E-state index is 4.24. The Morgan fingerprint density at radius 3 is 2.50 bits per heavy atom. The minimum absolute atomic E-state index is 0.713. The van der Waals surface area contributed by atoms with Gasteiger partial charge in [-0.2, -0.15) is 0 Å². The number of hydrogen-bond acceptors (Lipinski definition) is 2. The highest BCUT2D eigenvalue weighted by Crippen LogP contribution is 2.23. The van der Waals surface area contributed by atoms with Gasteiger partial charge in [0.15, 0.2) is 5.96 Å². The number of hydrogen-bond donors (Lipinski definition) is 2. The number of benzene rings is 1. The molecule has 1 heterocycles. The zero-order chi connectivity index (χ0) is 17.4. The molecule has 2 N–H and O–H groups in total. The molecule has 1 aliphatic rings. The van der Waals surface area contributed by atoms with Crippen molar-refractivity contribution in [2.75, 3.05) is 26.7 Å². The van der Waals surface area contributed by atoms with Gasteiger partial charge in [0, 0.05) is 39.8 Å². The van der Waals surface area contributed by atoms with Crippen molar-refractivity contribution in [3.8, 4) is 0 Å². The molecule has 1 aromatic carbocycles. The van der Waals surface area contributed by atoms with E-state index in [2.05, 4.69) is 65.2 Å². The van der Waals surface area contributed by atoms with Crippen molar-refractivity contribution in [1.29, 1.82) is 0 Å². The van der Waals surface area contributed by atoms with Gasteiger partial charge >= 0.3 is 0 Å². The lowest BCUT2D eigenvalue weighted by atomic mass is 9.91. The van der Waals surface area contributed by atoms with E-state index in [1.54, 1.807) is 7.05 Å². The average Bonchev–Trinajstić information content (AvgIpc) is 2.55. The summed E-state index contributed by atoms with van der Waals surface area (Å²) in [4.78, 5) is 6.84. The van der Waals surface area contributed by atoms with Crippen LogP contribution in [-0.2, 0) is 13.1 Å². The van der Waals surface area contributed by atoms with Crippen LogP contribution in [0.25, 0.3) is 0 Å². The van der Waals surface area contributed by atoms with E-state index in [1.807, 2.05) is 6.08 Å². The molecule has 0 saturated carbocycles. The van der Waals surface area contributed by atoms with Gasteiger partial charge in [-0.05, 0) is 29.4 Å². The largest absolute Gasteiger partial charge is 0.353 e. The molecule has 2 unspecified atom stereocenters. The molecule has 24 heavy (non-hydrogen) atoms.